The molecule has 0 amide bonds. The monoisotopic (exact) mass is 508 g/mol. The van der Waals surface area contributed by atoms with Gasteiger partial charge in [-0.15, -0.1) is 0 Å². The first-order valence-electron chi connectivity index (χ1n) is 7.74. The minimum Gasteiger partial charge on any atom is -0.290 e. The number of nitrogens with one attached hydrogen (secondary N) is 2. The van der Waals surface area contributed by atoms with E-state index in [0.29, 0.717) is 6.07 Å². The van der Waals surface area contributed by atoms with Crippen LogP contribution in [0, 0.1) is 5.82 Å². The van der Waals surface area contributed by atoms with Crippen molar-refractivity contribution in [1.29, 1.82) is 0 Å². The Morgan fingerprint density at radius 1 is 1.33 bits per heavy atom. The molecule has 1 aromatic carbocycles. The molecular weight excluding hydrogens is 500 g/mol. The standard InChI is InChI=1S/C15H9BrF4N6O3S/c16-9-4-6(1-2-10(9)17)21-12(24-28)11-14(26-29-25-11)30-5-7-3-8(15(18,19)20)13(27)23-22-7/h1-4,28H,5H2,(H,21,24)(H,23,27). The second kappa shape index (κ2) is 8.93. The van der Waals surface area contributed by atoms with Crippen molar-refractivity contribution in [2.24, 2.45) is 4.99 Å². The summed E-state index contributed by atoms with van der Waals surface area (Å²) in [5.74, 6) is -0.858. The van der Waals surface area contributed by atoms with Crippen molar-refractivity contribution in [2.75, 3.05) is 0 Å². The SMILES string of the molecule is O=c1[nH]nc(CSc2nonc2C(=Nc2ccc(F)c(Br)c2)NO)cc1C(F)(F)F. The summed E-state index contributed by atoms with van der Waals surface area (Å²) in [4.78, 5) is 15.4. The number of nitrogens with zero attached hydrogens (tertiary/aromatic N) is 4. The number of H-pyrrole nitrogens is 1. The van der Waals surface area contributed by atoms with Crippen LogP contribution in [0.25, 0.3) is 0 Å². The van der Waals surface area contributed by atoms with Crippen LogP contribution in [0.1, 0.15) is 17.0 Å². The van der Waals surface area contributed by atoms with E-state index in [1.807, 2.05) is 5.48 Å². The molecule has 0 aliphatic rings. The van der Waals surface area contributed by atoms with E-state index >= 15 is 0 Å². The number of aliphatic imine (C=N–C) groups is 1. The van der Waals surface area contributed by atoms with E-state index in [4.69, 9.17) is 0 Å². The van der Waals surface area contributed by atoms with E-state index in [0.717, 1.165) is 17.8 Å². The molecule has 3 N–H and O–H groups in total. The van der Waals surface area contributed by atoms with Crippen LogP contribution in [0.2, 0.25) is 0 Å². The van der Waals surface area contributed by atoms with Gasteiger partial charge in [-0.1, -0.05) is 11.8 Å². The fourth-order valence-electron chi connectivity index (χ4n) is 2.11. The number of aromatic nitrogens is 4. The summed E-state index contributed by atoms with van der Waals surface area (Å²) in [7, 11) is 0. The van der Waals surface area contributed by atoms with Gasteiger partial charge in [-0.3, -0.25) is 15.5 Å². The zero-order valence-electron chi connectivity index (χ0n) is 14.4. The minimum absolute atomic E-state index is 0.0524. The summed E-state index contributed by atoms with van der Waals surface area (Å²) in [5.41, 5.74) is -0.814. The third-order valence-electron chi connectivity index (χ3n) is 3.45. The summed E-state index contributed by atoms with van der Waals surface area (Å²) < 4.78 is 56.6. The van der Waals surface area contributed by atoms with E-state index in [9.17, 15) is 27.6 Å². The van der Waals surface area contributed by atoms with Crippen LogP contribution in [0.4, 0.5) is 23.2 Å². The van der Waals surface area contributed by atoms with Gasteiger partial charge in [0, 0.05) is 5.75 Å². The molecule has 0 radical (unpaired) electrons. The van der Waals surface area contributed by atoms with Gasteiger partial charge in [0.25, 0.3) is 5.56 Å². The first kappa shape index (κ1) is 21.9. The van der Waals surface area contributed by atoms with E-state index in [1.54, 1.807) is 5.10 Å². The molecule has 158 valence electrons. The molecule has 0 spiro atoms. The van der Waals surface area contributed by atoms with Crippen molar-refractivity contribution >= 4 is 39.2 Å². The first-order chi connectivity index (χ1) is 14.2. The highest BCUT2D eigenvalue weighted by Gasteiger charge is 2.34. The fraction of sp³-hybridized carbons (Fsp3) is 0.133. The van der Waals surface area contributed by atoms with Crippen LogP contribution < -0.4 is 11.0 Å². The average Bonchev–Trinajstić information content (AvgIpc) is 3.15. The lowest BCUT2D eigenvalue weighted by molar-refractivity contribution is -0.138. The van der Waals surface area contributed by atoms with Gasteiger partial charge in [0.1, 0.15) is 11.4 Å². The van der Waals surface area contributed by atoms with Gasteiger partial charge in [0.05, 0.1) is 15.9 Å². The highest BCUT2D eigenvalue weighted by Crippen LogP contribution is 2.29. The molecule has 0 saturated carbocycles. The highest BCUT2D eigenvalue weighted by molar-refractivity contribution is 9.10. The number of rotatable bonds is 5. The molecular formula is C15H9BrF4N6O3S. The molecule has 2 aromatic heterocycles. The average molecular weight is 509 g/mol. The third-order valence-corrected chi connectivity index (χ3v) is 5.04. The molecule has 0 fully saturated rings. The van der Waals surface area contributed by atoms with Crippen LogP contribution in [-0.4, -0.2) is 31.6 Å². The molecule has 0 bridgehead atoms. The van der Waals surface area contributed by atoms with Crippen molar-refractivity contribution in [3.8, 4) is 0 Å². The van der Waals surface area contributed by atoms with Gasteiger partial charge in [-0.05, 0) is 50.5 Å². The topological polar surface area (TPSA) is 129 Å². The number of hydrogen-bond donors (Lipinski definition) is 3. The predicted molar refractivity (Wildman–Crippen MR) is 98.9 cm³/mol. The van der Waals surface area contributed by atoms with Crippen LogP contribution in [0.15, 0.2) is 48.2 Å². The molecule has 3 rings (SSSR count). The van der Waals surface area contributed by atoms with E-state index in [1.165, 1.54) is 12.1 Å². The molecule has 0 atom stereocenters. The summed E-state index contributed by atoms with van der Waals surface area (Å²) in [5, 5.41) is 22.0. The van der Waals surface area contributed by atoms with Gasteiger partial charge in [0.15, 0.2) is 16.6 Å². The Hall–Kier alpha value is -2.78. The normalized spacial score (nSPS) is 12.3. The lowest BCUT2D eigenvalue weighted by atomic mass is 10.2. The highest BCUT2D eigenvalue weighted by atomic mass is 79.9. The number of amidine groups is 1. The quantitative estimate of drug-likeness (QED) is 0.157. The van der Waals surface area contributed by atoms with Crippen LogP contribution in [-0.2, 0) is 11.9 Å². The Morgan fingerprint density at radius 2 is 2.10 bits per heavy atom. The Kier molecular flexibility index (Phi) is 6.52. The van der Waals surface area contributed by atoms with Crippen LogP contribution >= 0.6 is 27.7 Å². The summed E-state index contributed by atoms with van der Waals surface area (Å²) >= 11 is 3.88. The molecule has 30 heavy (non-hydrogen) atoms. The third kappa shape index (κ3) is 5.03. The van der Waals surface area contributed by atoms with Gasteiger partial charge >= 0.3 is 6.18 Å². The predicted octanol–water partition coefficient (Wildman–Crippen LogP) is 3.42. The summed E-state index contributed by atoms with van der Waals surface area (Å²) in [6.45, 7) is 0. The molecule has 3 aromatic rings. The van der Waals surface area contributed by atoms with Crippen LogP contribution in [0.3, 0.4) is 0 Å². The number of alkyl halides is 3. The van der Waals surface area contributed by atoms with Crippen molar-refractivity contribution in [3.63, 3.8) is 0 Å². The number of benzene rings is 1. The van der Waals surface area contributed by atoms with Gasteiger partial charge in [-0.25, -0.2) is 19.1 Å². The Morgan fingerprint density at radius 3 is 2.77 bits per heavy atom. The maximum absolute atomic E-state index is 13.3. The van der Waals surface area contributed by atoms with Crippen molar-refractivity contribution in [3.05, 3.63) is 61.9 Å². The zero-order valence-corrected chi connectivity index (χ0v) is 16.8. The minimum atomic E-state index is -4.83. The molecule has 15 heteroatoms. The van der Waals surface area contributed by atoms with E-state index in [-0.39, 0.29) is 38.2 Å². The van der Waals surface area contributed by atoms with Gasteiger partial charge in [-0.2, -0.15) is 18.3 Å². The molecule has 0 saturated heterocycles. The Balaban J connectivity index is 1.83. The zero-order chi connectivity index (χ0) is 21.9. The smallest absolute Gasteiger partial charge is 0.290 e. The van der Waals surface area contributed by atoms with Crippen molar-refractivity contribution < 1.29 is 27.4 Å². The maximum atomic E-state index is 13.3. The largest absolute Gasteiger partial charge is 0.421 e. The summed E-state index contributed by atoms with van der Waals surface area (Å²) in [6, 6.07) is 4.44. The number of halogens is 5. The second-order valence-corrected chi connectivity index (χ2v) is 7.30. The molecule has 0 aliphatic carbocycles. The maximum Gasteiger partial charge on any atom is 0.421 e. The fourth-order valence-corrected chi connectivity index (χ4v) is 3.26. The Bertz CT molecular complexity index is 1150. The number of aromatic amines is 1. The van der Waals surface area contributed by atoms with Crippen LogP contribution in [0.5, 0.6) is 0 Å². The van der Waals surface area contributed by atoms with E-state index in [2.05, 4.69) is 41.0 Å². The van der Waals surface area contributed by atoms with Crippen molar-refractivity contribution in [1.82, 2.24) is 26.0 Å². The molecule has 0 aliphatic heterocycles. The number of thioether (sulfide) groups is 1. The second-order valence-electron chi connectivity index (χ2n) is 5.48. The lowest BCUT2D eigenvalue weighted by Crippen LogP contribution is -2.23. The molecule has 9 nitrogen and oxygen atoms in total. The van der Waals surface area contributed by atoms with Gasteiger partial charge < -0.3 is 0 Å². The number of hydrogen-bond acceptors (Lipinski definition) is 8. The molecule has 0 unspecified atom stereocenters. The first-order valence-corrected chi connectivity index (χ1v) is 9.52. The van der Waals surface area contributed by atoms with Crippen molar-refractivity contribution in [2.45, 2.75) is 17.0 Å². The molecule has 2 heterocycles. The lowest BCUT2D eigenvalue weighted by Gasteiger charge is -2.07. The summed E-state index contributed by atoms with van der Waals surface area (Å²) in [6.07, 6.45) is -4.83. The Labute approximate surface area is 176 Å². The van der Waals surface area contributed by atoms with Gasteiger partial charge in [0.2, 0.25) is 0 Å². The van der Waals surface area contributed by atoms with E-state index < -0.39 is 23.1 Å². The number of hydroxylamine groups is 1.